The first-order valence-electron chi connectivity index (χ1n) is 4.82. The van der Waals surface area contributed by atoms with Crippen LogP contribution in [0.3, 0.4) is 0 Å². The predicted molar refractivity (Wildman–Crippen MR) is 65.2 cm³/mol. The fourth-order valence-corrected chi connectivity index (χ4v) is 2.36. The van der Waals surface area contributed by atoms with Crippen LogP contribution in [0.4, 0.5) is 0 Å². The molecule has 15 heavy (non-hydrogen) atoms. The standard InChI is InChI=1S/C11H12Cl2N2/c1-15-6-8(5-14-7-15)10-3-2-9(12)4-11(10)13/h2-4,7-8H,5-6H2,1H3. The fourth-order valence-electron chi connectivity index (χ4n) is 1.80. The SMILES string of the molecule is CN1C=NCC(c2ccc(Cl)cc2Cl)C1. The lowest BCUT2D eigenvalue weighted by molar-refractivity contribution is 0.440. The molecule has 0 fully saturated rings. The highest BCUT2D eigenvalue weighted by Gasteiger charge is 2.18. The van der Waals surface area contributed by atoms with E-state index >= 15 is 0 Å². The Hall–Kier alpha value is -0.730. The first-order chi connectivity index (χ1) is 7.16. The quantitative estimate of drug-likeness (QED) is 0.740. The topological polar surface area (TPSA) is 15.6 Å². The summed E-state index contributed by atoms with van der Waals surface area (Å²) in [6.07, 6.45) is 1.86. The van der Waals surface area contributed by atoms with Crippen molar-refractivity contribution in [2.24, 2.45) is 4.99 Å². The summed E-state index contributed by atoms with van der Waals surface area (Å²) in [7, 11) is 2.01. The number of benzene rings is 1. The summed E-state index contributed by atoms with van der Waals surface area (Å²) in [5, 5.41) is 1.41. The van der Waals surface area contributed by atoms with Crippen molar-refractivity contribution in [3.8, 4) is 0 Å². The van der Waals surface area contributed by atoms with Crippen molar-refractivity contribution >= 4 is 29.5 Å². The third kappa shape index (κ3) is 2.44. The molecule has 4 heteroatoms. The van der Waals surface area contributed by atoms with E-state index in [1.807, 2.05) is 25.5 Å². The Balaban J connectivity index is 2.26. The van der Waals surface area contributed by atoms with Gasteiger partial charge in [0.2, 0.25) is 0 Å². The van der Waals surface area contributed by atoms with E-state index in [2.05, 4.69) is 9.89 Å². The maximum Gasteiger partial charge on any atom is 0.0847 e. The van der Waals surface area contributed by atoms with Crippen molar-refractivity contribution in [1.29, 1.82) is 0 Å². The van der Waals surface area contributed by atoms with Crippen LogP contribution in [0.1, 0.15) is 11.5 Å². The average Bonchev–Trinajstić information content (AvgIpc) is 2.17. The van der Waals surface area contributed by atoms with Crippen molar-refractivity contribution in [2.75, 3.05) is 20.1 Å². The Kier molecular flexibility index (Phi) is 3.17. The summed E-state index contributed by atoms with van der Waals surface area (Å²) in [6, 6.07) is 5.65. The molecule has 0 saturated carbocycles. The molecule has 1 heterocycles. The lowest BCUT2D eigenvalue weighted by Crippen LogP contribution is -2.29. The fraction of sp³-hybridized carbons (Fsp3) is 0.364. The number of hydrogen-bond acceptors (Lipinski definition) is 2. The first kappa shape index (κ1) is 10.8. The molecule has 80 valence electrons. The van der Waals surface area contributed by atoms with Crippen LogP contribution >= 0.6 is 23.2 Å². The van der Waals surface area contributed by atoms with Crippen LogP contribution in [0.25, 0.3) is 0 Å². The summed E-state index contributed by atoms with van der Waals surface area (Å²) in [5.74, 6) is 0.366. The molecule has 1 atom stereocenters. The zero-order valence-electron chi connectivity index (χ0n) is 8.45. The van der Waals surface area contributed by atoms with Gasteiger partial charge in [0.1, 0.15) is 0 Å². The number of nitrogens with zero attached hydrogens (tertiary/aromatic N) is 2. The van der Waals surface area contributed by atoms with Gasteiger partial charge in [-0.3, -0.25) is 4.99 Å². The molecule has 0 N–H and O–H groups in total. The summed E-state index contributed by atoms with van der Waals surface area (Å²) in [5.41, 5.74) is 1.13. The zero-order chi connectivity index (χ0) is 10.8. The molecular weight excluding hydrogens is 231 g/mol. The Morgan fingerprint density at radius 2 is 2.20 bits per heavy atom. The minimum absolute atomic E-state index is 0.366. The molecule has 2 rings (SSSR count). The van der Waals surface area contributed by atoms with E-state index in [1.165, 1.54) is 0 Å². The van der Waals surface area contributed by atoms with Gasteiger partial charge >= 0.3 is 0 Å². The summed E-state index contributed by atoms with van der Waals surface area (Å²) in [6.45, 7) is 1.75. The van der Waals surface area contributed by atoms with Gasteiger partial charge < -0.3 is 4.90 Å². The lowest BCUT2D eigenvalue weighted by Gasteiger charge is -2.26. The van der Waals surface area contributed by atoms with Crippen LogP contribution in [-0.4, -0.2) is 31.4 Å². The molecule has 1 unspecified atom stereocenters. The van der Waals surface area contributed by atoms with Gasteiger partial charge in [-0.2, -0.15) is 0 Å². The van der Waals surface area contributed by atoms with Gasteiger partial charge in [-0.15, -0.1) is 0 Å². The van der Waals surface area contributed by atoms with Crippen molar-refractivity contribution in [3.05, 3.63) is 33.8 Å². The number of aliphatic imine (C=N–C) groups is 1. The number of likely N-dealkylation sites (N-methyl/N-ethyl adjacent to an activating group) is 1. The average molecular weight is 243 g/mol. The molecule has 1 aliphatic heterocycles. The Morgan fingerprint density at radius 1 is 1.40 bits per heavy atom. The van der Waals surface area contributed by atoms with Crippen molar-refractivity contribution in [1.82, 2.24) is 4.90 Å². The molecule has 0 saturated heterocycles. The van der Waals surface area contributed by atoms with E-state index in [0.717, 1.165) is 23.7 Å². The van der Waals surface area contributed by atoms with E-state index in [1.54, 1.807) is 6.07 Å². The molecule has 0 bridgehead atoms. The smallest absolute Gasteiger partial charge is 0.0847 e. The van der Waals surface area contributed by atoms with Gasteiger partial charge in [0, 0.05) is 36.1 Å². The minimum atomic E-state index is 0.366. The van der Waals surface area contributed by atoms with E-state index in [4.69, 9.17) is 23.2 Å². The third-order valence-electron chi connectivity index (χ3n) is 2.52. The van der Waals surface area contributed by atoms with E-state index in [-0.39, 0.29) is 0 Å². The normalized spacial score (nSPS) is 20.7. The summed E-state index contributed by atoms with van der Waals surface area (Å²) >= 11 is 12.0. The number of hydrogen-bond donors (Lipinski definition) is 0. The highest BCUT2D eigenvalue weighted by molar-refractivity contribution is 6.35. The monoisotopic (exact) mass is 242 g/mol. The zero-order valence-corrected chi connectivity index (χ0v) is 9.96. The Morgan fingerprint density at radius 3 is 2.87 bits per heavy atom. The highest BCUT2D eigenvalue weighted by atomic mass is 35.5. The molecule has 0 spiro atoms. The molecule has 0 amide bonds. The maximum atomic E-state index is 6.16. The molecule has 0 aliphatic carbocycles. The molecule has 0 radical (unpaired) electrons. The van der Waals surface area contributed by atoms with Crippen LogP contribution in [0, 0.1) is 0 Å². The van der Waals surface area contributed by atoms with Crippen molar-refractivity contribution in [2.45, 2.75) is 5.92 Å². The molecule has 2 nitrogen and oxygen atoms in total. The minimum Gasteiger partial charge on any atom is -0.365 e. The summed E-state index contributed by atoms with van der Waals surface area (Å²) < 4.78 is 0. The largest absolute Gasteiger partial charge is 0.365 e. The first-order valence-corrected chi connectivity index (χ1v) is 5.57. The van der Waals surface area contributed by atoms with Crippen molar-refractivity contribution < 1.29 is 0 Å². The lowest BCUT2D eigenvalue weighted by atomic mass is 9.98. The van der Waals surface area contributed by atoms with Gasteiger partial charge in [-0.1, -0.05) is 29.3 Å². The third-order valence-corrected chi connectivity index (χ3v) is 3.08. The van der Waals surface area contributed by atoms with Gasteiger partial charge in [-0.25, -0.2) is 0 Å². The van der Waals surface area contributed by atoms with Crippen LogP contribution in [0.5, 0.6) is 0 Å². The second-order valence-corrected chi connectivity index (χ2v) is 4.63. The second kappa shape index (κ2) is 4.42. The molecule has 0 aromatic heterocycles. The van der Waals surface area contributed by atoms with Gasteiger partial charge in [-0.05, 0) is 17.7 Å². The second-order valence-electron chi connectivity index (χ2n) is 3.78. The van der Waals surface area contributed by atoms with Crippen LogP contribution < -0.4 is 0 Å². The number of rotatable bonds is 1. The van der Waals surface area contributed by atoms with E-state index in [0.29, 0.717) is 10.9 Å². The predicted octanol–water partition coefficient (Wildman–Crippen LogP) is 3.05. The molecule has 1 aliphatic rings. The number of halogens is 2. The molecule has 1 aromatic carbocycles. The maximum absolute atomic E-state index is 6.16. The van der Waals surface area contributed by atoms with Crippen LogP contribution in [0.15, 0.2) is 23.2 Å². The van der Waals surface area contributed by atoms with Crippen LogP contribution in [0.2, 0.25) is 10.0 Å². The van der Waals surface area contributed by atoms with Gasteiger partial charge in [0.25, 0.3) is 0 Å². The summed E-state index contributed by atoms with van der Waals surface area (Å²) in [4.78, 5) is 6.36. The van der Waals surface area contributed by atoms with Gasteiger partial charge in [0.05, 0.1) is 6.34 Å². The Labute approximate surface area is 99.5 Å². The van der Waals surface area contributed by atoms with Crippen molar-refractivity contribution in [3.63, 3.8) is 0 Å². The molecular formula is C11H12Cl2N2. The van der Waals surface area contributed by atoms with E-state index < -0.39 is 0 Å². The molecule has 1 aromatic rings. The van der Waals surface area contributed by atoms with E-state index in [9.17, 15) is 0 Å². The van der Waals surface area contributed by atoms with Crippen LogP contribution in [-0.2, 0) is 0 Å². The van der Waals surface area contributed by atoms with Gasteiger partial charge in [0.15, 0.2) is 0 Å². The Bertz CT molecular complexity index is 390. The highest BCUT2D eigenvalue weighted by Crippen LogP contribution is 2.29.